The van der Waals surface area contributed by atoms with Crippen LogP contribution >= 0.6 is 0 Å². The van der Waals surface area contributed by atoms with Crippen LogP contribution in [0.1, 0.15) is 32.1 Å². The number of hydrogen-bond acceptors (Lipinski definition) is 4. The van der Waals surface area contributed by atoms with Crippen LogP contribution in [0.25, 0.3) is 0 Å². The fraction of sp³-hybridized carbons (Fsp3) is 0.700. The highest BCUT2D eigenvalue weighted by atomic mass is 16.5. The summed E-state index contributed by atoms with van der Waals surface area (Å²) in [6, 6.07) is 0. The zero-order chi connectivity index (χ0) is 12.6. The van der Waals surface area contributed by atoms with Gasteiger partial charge in [-0.2, -0.15) is 0 Å². The largest absolute Gasteiger partial charge is 0.481 e. The Morgan fingerprint density at radius 1 is 1.06 bits per heavy atom. The van der Waals surface area contributed by atoms with Gasteiger partial charge in [0.2, 0.25) is 0 Å². The molecule has 6 heteroatoms. The van der Waals surface area contributed by atoms with Crippen LogP contribution in [0.15, 0.2) is 0 Å². The number of hydrogen-bond donors (Lipinski definition) is 2. The molecule has 1 atom stereocenters. The third-order valence-electron chi connectivity index (χ3n) is 2.18. The third-order valence-corrected chi connectivity index (χ3v) is 2.18. The molecule has 0 fully saturated rings. The summed E-state index contributed by atoms with van der Waals surface area (Å²) in [5.41, 5.74) is 0. The fourth-order valence-corrected chi connectivity index (χ4v) is 1.34. The quantitative estimate of drug-likeness (QED) is 0.603. The molecule has 6 nitrogen and oxygen atoms in total. The summed E-state index contributed by atoms with van der Waals surface area (Å²) in [5.74, 6) is -2.92. The number of carboxylic acid groups (broad SMARTS) is 2. The van der Waals surface area contributed by atoms with Gasteiger partial charge in [0.05, 0.1) is 13.0 Å². The van der Waals surface area contributed by atoms with E-state index < -0.39 is 23.8 Å². The van der Waals surface area contributed by atoms with Crippen LogP contribution in [0.3, 0.4) is 0 Å². The minimum Gasteiger partial charge on any atom is -0.481 e. The van der Waals surface area contributed by atoms with Crippen LogP contribution in [0, 0.1) is 5.92 Å². The monoisotopic (exact) mass is 232 g/mol. The zero-order valence-corrected chi connectivity index (χ0v) is 9.14. The number of carboxylic acids is 2. The second-order valence-electron chi connectivity index (χ2n) is 3.44. The molecule has 0 rings (SSSR count). The lowest BCUT2D eigenvalue weighted by molar-refractivity contribution is -0.147. The van der Waals surface area contributed by atoms with Gasteiger partial charge in [0.15, 0.2) is 0 Å². The predicted octanol–water partition coefficient (Wildman–Crippen LogP) is 0.895. The average molecular weight is 232 g/mol. The van der Waals surface area contributed by atoms with Gasteiger partial charge in [-0.1, -0.05) is 0 Å². The van der Waals surface area contributed by atoms with Crippen molar-refractivity contribution in [1.29, 1.82) is 0 Å². The second kappa shape index (κ2) is 7.67. The first kappa shape index (κ1) is 14.4. The van der Waals surface area contributed by atoms with E-state index in [0.717, 1.165) is 0 Å². The number of esters is 1. The first-order valence-corrected chi connectivity index (χ1v) is 4.98. The van der Waals surface area contributed by atoms with E-state index in [1.807, 2.05) is 0 Å². The van der Waals surface area contributed by atoms with Gasteiger partial charge in [0.1, 0.15) is 0 Å². The molecule has 0 saturated heterocycles. The van der Waals surface area contributed by atoms with Crippen molar-refractivity contribution >= 4 is 17.9 Å². The highest BCUT2D eigenvalue weighted by Gasteiger charge is 2.20. The molecule has 0 aromatic heterocycles. The Kier molecular flexibility index (Phi) is 6.91. The Morgan fingerprint density at radius 3 is 2.06 bits per heavy atom. The maximum absolute atomic E-state index is 11.2. The summed E-state index contributed by atoms with van der Waals surface area (Å²) >= 11 is 0. The molecule has 0 aromatic carbocycles. The van der Waals surface area contributed by atoms with Gasteiger partial charge in [0.25, 0.3) is 0 Å². The highest BCUT2D eigenvalue weighted by Crippen LogP contribution is 2.16. The van der Waals surface area contributed by atoms with E-state index >= 15 is 0 Å². The van der Waals surface area contributed by atoms with Crippen LogP contribution in [0.2, 0.25) is 0 Å². The number of rotatable bonds is 8. The van der Waals surface area contributed by atoms with E-state index in [1.165, 1.54) is 7.11 Å². The Bertz CT molecular complexity index is 260. The highest BCUT2D eigenvalue weighted by molar-refractivity contribution is 5.74. The summed E-state index contributed by atoms with van der Waals surface area (Å²) in [4.78, 5) is 31.9. The van der Waals surface area contributed by atoms with E-state index in [-0.39, 0.29) is 19.3 Å². The van der Waals surface area contributed by atoms with Crippen molar-refractivity contribution in [2.24, 2.45) is 5.92 Å². The molecule has 0 aliphatic rings. The molecule has 16 heavy (non-hydrogen) atoms. The summed E-state index contributed by atoms with van der Waals surface area (Å²) in [6.45, 7) is 0. The molecular formula is C10H16O6. The zero-order valence-electron chi connectivity index (χ0n) is 9.14. The number of carbonyl (C=O) groups is 3. The Balaban J connectivity index is 4.05. The summed E-state index contributed by atoms with van der Waals surface area (Å²) in [5, 5.41) is 16.9. The average Bonchev–Trinajstić information content (AvgIpc) is 2.21. The maximum Gasteiger partial charge on any atom is 0.308 e. The molecule has 0 aliphatic heterocycles. The van der Waals surface area contributed by atoms with E-state index in [9.17, 15) is 14.4 Å². The minimum atomic E-state index is -0.980. The molecule has 1 unspecified atom stereocenters. The molecule has 0 spiro atoms. The predicted molar refractivity (Wildman–Crippen MR) is 53.9 cm³/mol. The number of carbonyl (C=O) groups excluding carboxylic acids is 1. The summed E-state index contributed by atoms with van der Waals surface area (Å²) < 4.78 is 4.52. The van der Waals surface area contributed by atoms with Crippen LogP contribution < -0.4 is 0 Å². The molecule has 0 saturated carbocycles. The lowest BCUT2D eigenvalue weighted by Crippen LogP contribution is -2.18. The maximum atomic E-state index is 11.2. The molecule has 0 aliphatic carbocycles. The SMILES string of the molecule is COC(=O)C(CCCC(=O)O)CCC(=O)O. The van der Waals surface area contributed by atoms with Crippen molar-refractivity contribution in [3.63, 3.8) is 0 Å². The van der Waals surface area contributed by atoms with E-state index in [2.05, 4.69) is 4.74 Å². The first-order chi connectivity index (χ1) is 7.47. The smallest absolute Gasteiger partial charge is 0.308 e. The van der Waals surface area contributed by atoms with Crippen molar-refractivity contribution in [2.75, 3.05) is 7.11 Å². The lowest BCUT2D eigenvalue weighted by atomic mass is 9.97. The molecule has 0 amide bonds. The van der Waals surface area contributed by atoms with Crippen molar-refractivity contribution in [1.82, 2.24) is 0 Å². The molecule has 0 radical (unpaired) electrons. The molecule has 0 bridgehead atoms. The number of ether oxygens (including phenoxy) is 1. The normalized spacial score (nSPS) is 11.8. The van der Waals surface area contributed by atoms with Crippen molar-refractivity contribution in [3.05, 3.63) is 0 Å². The van der Waals surface area contributed by atoms with Crippen LogP contribution in [0.4, 0.5) is 0 Å². The van der Waals surface area contributed by atoms with Crippen LogP contribution in [-0.2, 0) is 19.1 Å². The van der Waals surface area contributed by atoms with Gasteiger partial charge >= 0.3 is 17.9 Å². The topological polar surface area (TPSA) is 101 Å². The Hall–Kier alpha value is -1.59. The van der Waals surface area contributed by atoms with Crippen molar-refractivity contribution in [2.45, 2.75) is 32.1 Å². The van der Waals surface area contributed by atoms with Gasteiger partial charge in [-0.05, 0) is 19.3 Å². The van der Waals surface area contributed by atoms with E-state index in [1.54, 1.807) is 0 Å². The summed E-state index contributed by atoms with van der Waals surface area (Å²) in [7, 11) is 1.23. The minimum absolute atomic E-state index is 0.0272. The van der Waals surface area contributed by atoms with Crippen molar-refractivity contribution in [3.8, 4) is 0 Å². The molecular weight excluding hydrogens is 216 g/mol. The first-order valence-electron chi connectivity index (χ1n) is 4.98. The standard InChI is InChI=1S/C10H16O6/c1-16-10(15)7(5-6-9(13)14)3-2-4-8(11)12/h7H,2-6H2,1H3,(H,11,12)(H,13,14). The van der Waals surface area contributed by atoms with E-state index in [4.69, 9.17) is 10.2 Å². The second-order valence-corrected chi connectivity index (χ2v) is 3.44. The lowest BCUT2D eigenvalue weighted by Gasteiger charge is -2.12. The Morgan fingerprint density at radius 2 is 1.62 bits per heavy atom. The van der Waals surface area contributed by atoms with Gasteiger partial charge in [-0.25, -0.2) is 0 Å². The number of aliphatic carboxylic acids is 2. The van der Waals surface area contributed by atoms with Crippen LogP contribution in [0.5, 0.6) is 0 Å². The van der Waals surface area contributed by atoms with Gasteiger partial charge in [0, 0.05) is 12.8 Å². The van der Waals surface area contributed by atoms with Gasteiger partial charge < -0.3 is 14.9 Å². The van der Waals surface area contributed by atoms with Crippen molar-refractivity contribution < 1.29 is 29.3 Å². The fourth-order valence-electron chi connectivity index (χ4n) is 1.34. The third kappa shape index (κ3) is 6.80. The van der Waals surface area contributed by atoms with Crippen LogP contribution in [-0.4, -0.2) is 35.2 Å². The molecule has 2 N–H and O–H groups in total. The molecule has 0 aromatic rings. The molecule has 0 heterocycles. The van der Waals surface area contributed by atoms with Gasteiger partial charge in [-0.3, -0.25) is 14.4 Å². The van der Waals surface area contributed by atoms with E-state index in [0.29, 0.717) is 12.8 Å². The van der Waals surface area contributed by atoms with Gasteiger partial charge in [-0.15, -0.1) is 0 Å². The molecule has 92 valence electrons. The summed E-state index contributed by atoms with van der Waals surface area (Å²) in [6.07, 6.45) is 0.718. The Labute approximate surface area is 93.2 Å². The number of methoxy groups -OCH3 is 1.